The first-order valence-corrected chi connectivity index (χ1v) is 12.1. The maximum absolute atomic E-state index is 13.3. The third-order valence-corrected chi connectivity index (χ3v) is 5.62. The molecule has 1 atom stereocenters. The molecule has 0 aliphatic carbocycles. The van der Waals surface area contributed by atoms with E-state index in [1.807, 2.05) is 0 Å². The molecule has 1 saturated heterocycles. The minimum atomic E-state index is -0.666. The molecule has 2 rings (SSSR count). The zero-order chi connectivity index (χ0) is 26.0. The van der Waals surface area contributed by atoms with Crippen molar-refractivity contribution in [1.82, 2.24) is 10.2 Å². The van der Waals surface area contributed by atoms with E-state index >= 15 is 0 Å². The highest BCUT2D eigenvalue weighted by atomic mass is 16.6. The van der Waals surface area contributed by atoms with Gasteiger partial charge in [-0.15, -0.1) is 0 Å². The molecule has 1 aliphatic rings. The second kappa shape index (κ2) is 13.2. The molecule has 2 amide bonds. The number of carbonyl (C=O) groups is 3. The van der Waals surface area contributed by atoms with Crippen LogP contribution in [0.25, 0.3) is 0 Å². The summed E-state index contributed by atoms with van der Waals surface area (Å²) in [5.74, 6) is -0.983. The van der Waals surface area contributed by atoms with Gasteiger partial charge in [0.2, 0.25) is 5.91 Å². The molecule has 10 heteroatoms. The van der Waals surface area contributed by atoms with Crippen LogP contribution in [0, 0.1) is 5.41 Å². The molecular weight excluding hydrogens is 450 g/mol. The molecule has 35 heavy (non-hydrogen) atoms. The van der Waals surface area contributed by atoms with E-state index in [1.54, 1.807) is 49.9 Å². The molecule has 1 heterocycles. The van der Waals surface area contributed by atoms with Gasteiger partial charge in [-0.1, -0.05) is 12.1 Å². The van der Waals surface area contributed by atoms with Crippen LogP contribution in [0.5, 0.6) is 0 Å². The van der Waals surface area contributed by atoms with E-state index in [9.17, 15) is 14.4 Å². The second-order valence-electron chi connectivity index (χ2n) is 9.72. The fourth-order valence-electron chi connectivity index (χ4n) is 3.81. The predicted octanol–water partition coefficient (Wildman–Crippen LogP) is 1.55. The molecule has 0 aromatic heterocycles. The zero-order valence-electron chi connectivity index (χ0n) is 21.0. The van der Waals surface area contributed by atoms with Gasteiger partial charge in [0.15, 0.2) is 0 Å². The average molecular weight is 490 g/mol. The number of hydrogen-bond donors (Lipinski definition) is 4. The fourth-order valence-corrected chi connectivity index (χ4v) is 3.81. The summed E-state index contributed by atoms with van der Waals surface area (Å²) in [5, 5.41) is 10.3. The Hall–Kier alpha value is -2.98. The van der Waals surface area contributed by atoms with Gasteiger partial charge in [0.1, 0.15) is 24.1 Å². The van der Waals surface area contributed by atoms with E-state index in [4.69, 9.17) is 26.4 Å². The summed E-state index contributed by atoms with van der Waals surface area (Å²) in [5.41, 5.74) is 11.4. The minimum Gasteiger partial charge on any atom is -0.458 e. The Bertz CT molecular complexity index is 873. The van der Waals surface area contributed by atoms with E-state index in [0.717, 1.165) is 6.42 Å². The number of carbonyl (C=O) groups excluding carboxylic acids is 3. The lowest BCUT2D eigenvalue weighted by molar-refractivity contribution is -0.163. The number of nitrogen functional groups attached to an aromatic ring is 1. The number of rotatable bonds is 11. The predicted molar refractivity (Wildman–Crippen MR) is 133 cm³/mol. The molecule has 0 radical (unpaired) electrons. The van der Waals surface area contributed by atoms with Crippen molar-refractivity contribution < 1.29 is 23.9 Å². The van der Waals surface area contributed by atoms with Crippen molar-refractivity contribution >= 4 is 23.6 Å². The Kier molecular flexibility index (Phi) is 10.7. The van der Waals surface area contributed by atoms with Crippen LogP contribution in [0.1, 0.15) is 68.8 Å². The first-order chi connectivity index (χ1) is 16.5. The lowest BCUT2D eigenvalue weighted by Gasteiger charge is -2.34. The van der Waals surface area contributed by atoms with Crippen LogP contribution in [0.2, 0.25) is 0 Å². The Labute approximate surface area is 207 Å². The van der Waals surface area contributed by atoms with E-state index in [0.29, 0.717) is 56.4 Å². The maximum Gasteiger partial charge on any atom is 0.332 e. The molecule has 1 aromatic carbocycles. The van der Waals surface area contributed by atoms with Gasteiger partial charge in [-0.05, 0) is 71.6 Å². The fraction of sp³-hybridized carbons (Fsp3) is 0.600. The van der Waals surface area contributed by atoms with Crippen molar-refractivity contribution in [2.45, 2.75) is 70.6 Å². The van der Waals surface area contributed by atoms with Crippen molar-refractivity contribution in [3.05, 3.63) is 35.4 Å². The normalized spacial score (nSPS) is 15.4. The van der Waals surface area contributed by atoms with Gasteiger partial charge in [-0.25, -0.2) is 4.79 Å². The number of piperidine rings is 1. The van der Waals surface area contributed by atoms with E-state index in [-0.39, 0.29) is 30.4 Å². The van der Waals surface area contributed by atoms with Crippen LogP contribution < -0.4 is 16.8 Å². The highest BCUT2D eigenvalue weighted by Crippen LogP contribution is 2.17. The summed E-state index contributed by atoms with van der Waals surface area (Å²) in [7, 11) is 0. The monoisotopic (exact) mass is 489 g/mol. The smallest absolute Gasteiger partial charge is 0.332 e. The number of unbranched alkanes of at least 4 members (excludes halogenated alkanes) is 1. The molecular formula is C25H39N5O5. The number of amides is 2. The number of amidine groups is 1. The maximum atomic E-state index is 13.3. The van der Waals surface area contributed by atoms with E-state index < -0.39 is 17.6 Å². The number of likely N-dealkylation sites (tertiary alicyclic amines) is 1. The number of nitrogens with two attached hydrogens (primary N) is 2. The molecule has 1 fully saturated rings. The number of esters is 1. The molecule has 0 bridgehead atoms. The number of nitrogens with zero attached hydrogens (tertiary/aromatic N) is 1. The van der Waals surface area contributed by atoms with Crippen LogP contribution in [0.15, 0.2) is 24.3 Å². The highest BCUT2D eigenvalue weighted by molar-refractivity contribution is 5.99. The van der Waals surface area contributed by atoms with Gasteiger partial charge in [0.05, 0.1) is 6.10 Å². The second-order valence-corrected chi connectivity index (χ2v) is 9.72. The van der Waals surface area contributed by atoms with Crippen LogP contribution in [0.4, 0.5) is 0 Å². The third kappa shape index (κ3) is 9.65. The molecule has 1 aromatic rings. The van der Waals surface area contributed by atoms with Crippen LogP contribution in [0.3, 0.4) is 0 Å². The highest BCUT2D eigenvalue weighted by Gasteiger charge is 2.30. The van der Waals surface area contributed by atoms with Gasteiger partial charge in [0, 0.05) is 24.2 Å². The van der Waals surface area contributed by atoms with E-state index in [2.05, 4.69) is 5.32 Å². The molecule has 6 N–H and O–H groups in total. The first-order valence-electron chi connectivity index (χ1n) is 12.1. The largest absolute Gasteiger partial charge is 0.458 e. The minimum absolute atomic E-state index is 0.0785. The standard InChI is InChI=1S/C25H39N5O5/c1-25(2,3)35-21(31)16-34-19-11-14-30(15-12-19)24(33)20(6-4-5-13-26)29-23(32)18-9-7-17(8-10-18)22(27)28/h7-10,19-20H,4-6,11-16,26H2,1-3H3,(H3,27,28)(H,29,32)/t20-/m1/s1. The SMILES string of the molecule is CC(C)(C)OC(=O)COC1CCN(C(=O)[C@@H](CCCCN)NC(=O)c2ccc(C(=N)N)cc2)CC1. The van der Waals surface area contributed by atoms with Gasteiger partial charge >= 0.3 is 5.97 Å². The zero-order valence-corrected chi connectivity index (χ0v) is 21.0. The van der Waals surface area contributed by atoms with Gasteiger partial charge in [0.25, 0.3) is 5.91 Å². The van der Waals surface area contributed by atoms with Crippen molar-refractivity contribution in [3.8, 4) is 0 Å². The first kappa shape index (κ1) is 28.3. The van der Waals surface area contributed by atoms with Crippen molar-refractivity contribution in [3.63, 3.8) is 0 Å². The molecule has 0 spiro atoms. The lowest BCUT2D eigenvalue weighted by Crippen LogP contribution is -2.51. The molecule has 1 aliphatic heterocycles. The average Bonchev–Trinajstić information content (AvgIpc) is 2.81. The topological polar surface area (TPSA) is 161 Å². The number of benzene rings is 1. The quantitative estimate of drug-likeness (QED) is 0.159. The summed E-state index contributed by atoms with van der Waals surface area (Å²) in [6.45, 7) is 6.78. The van der Waals surface area contributed by atoms with Crippen molar-refractivity contribution in [1.29, 1.82) is 5.41 Å². The summed E-state index contributed by atoms with van der Waals surface area (Å²) >= 11 is 0. The lowest BCUT2D eigenvalue weighted by atomic mass is 10.0. The number of nitrogens with one attached hydrogen (secondary N) is 2. The molecule has 0 saturated carbocycles. The molecule has 0 unspecified atom stereocenters. The van der Waals surface area contributed by atoms with Crippen molar-refractivity contribution in [2.75, 3.05) is 26.2 Å². The number of ether oxygens (including phenoxy) is 2. The summed E-state index contributed by atoms with van der Waals surface area (Å²) in [6.07, 6.45) is 3.04. The van der Waals surface area contributed by atoms with E-state index in [1.165, 1.54) is 0 Å². The third-order valence-electron chi connectivity index (χ3n) is 5.62. The van der Waals surface area contributed by atoms with Gasteiger partial charge in [-0.3, -0.25) is 15.0 Å². The molecule has 194 valence electrons. The summed E-state index contributed by atoms with van der Waals surface area (Å²) in [4.78, 5) is 39.7. The summed E-state index contributed by atoms with van der Waals surface area (Å²) in [6, 6.07) is 5.71. The van der Waals surface area contributed by atoms with Crippen LogP contribution >= 0.6 is 0 Å². The number of hydrogen-bond acceptors (Lipinski definition) is 7. The van der Waals surface area contributed by atoms with Crippen molar-refractivity contribution in [2.24, 2.45) is 11.5 Å². The van der Waals surface area contributed by atoms with Crippen LogP contribution in [-0.2, 0) is 19.1 Å². The Morgan fingerprint density at radius 2 is 1.71 bits per heavy atom. The Morgan fingerprint density at radius 1 is 1.11 bits per heavy atom. The van der Waals surface area contributed by atoms with Gasteiger partial charge < -0.3 is 31.2 Å². The van der Waals surface area contributed by atoms with Crippen LogP contribution in [-0.4, -0.2) is 72.5 Å². The molecule has 10 nitrogen and oxygen atoms in total. The summed E-state index contributed by atoms with van der Waals surface area (Å²) < 4.78 is 11.0. The Balaban J connectivity index is 1.92. The van der Waals surface area contributed by atoms with Gasteiger partial charge in [-0.2, -0.15) is 0 Å². The Morgan fingerprint density at radius 3 is 2.26 bits per heavy atom.